The van der Waals surface area contributed by atoms with Gasteiger partial charge in [-0.3, -0.25) is 0 Å². The number of hydrogen-bond acceptors (Lipinski definition) is 4. The molecule has 1 saturated carbocycles. The van der Waals surface area contributed by atoms with Crippen molar-refractivity contribution < 1.29 is 0 Å². The first-order valence-corrected chi connectivity index (χ1v) is 13.1. The number of anilines is 1. The van der Waals surface area contributed by atoms with Gasteiger partial charge < -0.3 is 10.2 Å². The summed E-state index contributed by atoms with van der Waals surface area (Å²) in [6.45, 7) is 6.26. The zero-order valence-corrected chi connectivity index (χ0v) is 22.8. The van der Waals surface area contributed by atoms with Crippen LogP contribution in [0.4, 0.5) is 5.82 Å². The number of rotatable bonds is 6. The molecule has 1 aliphatic carbocycles. The molecule has 0 unspecified atom stereocenters. The van der Waals surface area contributed by atoms with E-state index >= 15 is 0 Å². The lowest BCUT2D eigenvalue weighted by molar-refractivity contribution is 0.282. The van der Waals surface area contributed by atoms with Gasteiger partial charge in [-0.2, -0.15) is 0 Å². The van der Waals surface area contributed by atoms with Crippen LogP contribution in [0.2, 0.25) is 15.1 Å². The number of nitrogens with zero attached hydrogens (tertiary/aromatic N) is 3. The fourth-order valence-corrected chi connectivity index (χ4v) is 5.10. The van der Waals surface area contributed by atoms with E-state index < -0.39 is 0 Å². The normalized spacial score (nSPS) is 17.9. The highest BCUT2D eigenvalue weighted by Crippen LogP contribution is 2.32. The molecule has 0 aliphatic heterocycles. The average Bonchev–Trinajstić information content (AvgIpc) is 2.82. The van der Waals surface area contributed by atoms with E-state index in [1.165, 1.54) is 25.7 Å². The molecule has 0 atom stereocenters. The van der Waals surface area contributed by atoms with Crippen LogP contribution in [0, 0.1) is 18.8 Å². The quantitative estimate of drug-likeness (QED) is 0.268. The molecule has 0 bridgehead atoms. The lowest BCUT2D eigenvalue weighted by Crippen LogP contribution is -2.27. The third-order valence-electron chi connectivity index (χ3n) is 6.38. The molecule has 1 N–H and O–H groups in total. The molecule has 1 fully saturated rings. The maximum atomic E-state index is 6.20. The van der Waals surface area contributed by atoms with Gasteiger partial charge in [0.15, 0.2) is 0 Å². The summed E-state index contributed by atoms with van der Waals surface area (Å²) in [7, 11) is 3.99. The zero-order valence-electron chi connectivity index (χ0n) is 20.5. The Hall–Kier alpha value is -1.59. The van der Waals surface area contributed by atoms with Gasteiger partial charge in [0.1, 0.15) is 11.6 Å². The predicted molar refractivity (Wildman–Crippen MR) is 148 cm³/mol. The average molecular weight is 522 g/mol. The highest BCUT2D eigenvalue weighted by molar-refractivity contribution is 6.44. The Kier molecular flexibility index (Phi) is 10.3. The van der Waals surface area contributed by atoms with E-state index in [-0.39, 0.29) is 0 Å². The number of nitrogens with one attached hydrogen (secondary N) is 1. The Balaban J connectivity index is 0.000000202. The van der Waals surface area contributed by atoms with Crippen LogP contribution < -0.4 is 10.2 Å². The molecule has 0 radical (unpaired) electrons. The van der Waals surface area contributed by atoms with Crippen molar-refractivity contribution in [2.75, 3.05) is 32.1 Å². The fourth-order valence-electron chi connectivity index (χ4n) is 4.36. The first-order valence-electron chi connectivity index (χ1n) is 12.0. The largest absolute Gasteiger partial charge is 0.362 e. The Morgan fingerprint density at radius 2 is 1.62 bits per heavy atom. The van der Waals surface area contributed by atoms with E-state index in [1.807, 2.05) is 56.3 Å². The molecular formula is C27H35Cl3N4. The number of fused-ring (bicyclic) bond motifs is 1. The number of benzene rings is 2. The molecule has 2 aromatic carbocycles. The maximum absolute atomic E-state index is 6.20. The molecule has 184 valence electrons. The van der Waals surface area contributed by atoms with Crippen LogP contribution in [-0.4, -0.2) is 37.2 Å². The van der Waals surface area contributed by atoms with Crippen molar-refractivity contribution >= 4 is 51.5 Å². The second-order valence-electron chi connectivity index (χ2n) is 9.41. The van der Waals surface area contributed by atoms with Crippen LogP contribution in [0.1, 0.15) is 44.0 Å². The summed E-state index contributed by atoms with van der Waals surface area (Å²) < 4.78 is 0. The van der Waals surface area contributed by atoms with Gasteiger partial charge >= 0.3 is 0 Å². The molecule has 0 spiro atoms. The van der Waals surface area contributed by atoms with Crippen LogP contribution in [-0.2, 0) is 6.42 Å². The van der Waals surface area contributed by atoms with Gasteiger partial charge in [-0.05, 0) is 80.9 Å². The number of hydrogen-bond donors (Lipinski definition) is 1. The van der Waals surface area contributed by atoms with Gasteiger partial charge in [-0.1, -0.05) is 66.7 Å². The smallest absolute Gasteiger partial charge is 0.139 e. The number of halogens is 3. The summed E-state index contributed by atoms with van der Waals surface area (Å²) in [5.41, 5.74) is 1.95. The summed E-state index contributed by atoms with van der Waals surface area (Å²) in [5, 5.41) is 6.50. The first-order chi connectivity index (χ1) is 16.3. The Bertz CT molecular complexity index is 1080. The fraction of sp³-hybridized carbons (Fsp3) is 0.481. The highest BCUT2D eigenvalue weighted by atomic mass is 35.5. The standard InChI is InChI=1S/C16H22Cl3N.C11H13N3/c1-11-2-4-12(5-3-11)10-20-9-8-13-14(17)6-7-15(18)16(13)19;1-8-12-10-7-5-4-6-9(10)11(13-8)14(2)3/h6-7,11-12,20H,2-5,8-10H2,1H3;4-7H,1-3H3. The lowest BCUT2D eigenvalue weighted by atomic mass is 9.83. The van der Waals surface area contributed by atoms with E-state index in [0.717, 1.165) is 59.5 Å². The third kappa shape index (κ3) is 7.45. The first kappa shape index (κ1) is 27.0. The van der Waals surface area contributed by atoms with Crippen LogP contribution in [0.25, 0.3) is 10.9 Å². The Morgan fingerprint density at radius 1 is 0.941 bits per heavy atom. The molecule has 0 amide bonds. The van der Waals surface area contributed by atoms with Crippen molar-refractivity contribution in [3.63, 3.8) is 0 Å². The minimum Gasteiger partial charge on any atom is -0.362 e. The van der Waals surface area contributed by atoms with E-state index in [1.54, 1.807) is 6.07 Å². The minimum atomic E-state index is 0.576. The summed E-state index contributed by atoms with van der Waals surface area (Å²) in [4.78, 5) is 10.8. The predicted octanol–water partition coefficient (Wildman–Crippen LogP) is 7.61. The number of aromatic nitrogens is 2. The van der Waals surface area contributed by atoms with E-state index in [9.17, 15) is 0 Å². The second-order valence-corrected chi connectivity index (χ2v) is 10.6. The van der Waals surface area contributed by atoms with Gasteiger partial charge in [0.05, 0.1) is 15.6 Å². The molecule has 4 rings (SSSR count). The SMILES string of the molecule is CC1CCC(CNCCc2c(Cl)ccc(Cl)c2Cl)CC1.Cc1nc(N(C)C)c2ccccc2n1. The summed E-state index contributed by atoms with van der Waals surface area (Å²) in [6, 6.07) is 11.6. The third-order valence-corrected chi connectivity index (χ3v) is 7.58. The number of para-hydroxylation sites is 1. The molecule has 7 heteroatoms. The zero-order chi connectivity index (χ0) is 24.7. The minimum absolute atomic E-state index is 0.576. The molecule has 3 aromatic rings. The Morgan fingerprint density at radius 3 is 2.32 bits per heavy atom. The lowest BCUT2D eigenvalue weighted by Gasteiger charge is -2.26. The number of aryl methyl sites for hydroxylation is 1. The molecule has 1 heterocycles. The second kappa shape index (κ2) is 12.9. The van der Waals surface area contributed by atoms with E-state index in [2.05, 4.69) is 22.2 Å². The van der Waals surface area contributed by atoms with Crippen molar-refractivity contribution in [2.45, 2.75) is 46.0 Å². The summed E-state index contributed by atoms with van der Waals surface area (Å²) in [5.74, 6) is 3.53. The van der Waals surface area contributed by atoms with E-state index in [0.29, 0.717) is 15.1 Å². The Labute approximate surface area is 219 Å². The van der Waals surface area contributed by atoms with Crippen LogP contribution in [0.3, 0.4) is 0 Å². The van der Waals surface area contributed by atoms with Crippen molar-refractivity contribution in [1.82, 2.24) is 15.3 Å². The van der Waals surface area contributed by atoms with Crippen LogP contribution in [0.5, 0.6) is 0 Å². The monoisotopic (exact) mass is 520 g/mol. The van der Waals surface area contributed by atoms with Crippen LogP contribution in [0.15, 0.2) is 36.4 Å². The van der Waals surface area contributed by atoms with Crippen LogP contribution >= 0.6 is 34.8 Å². The van der Waals surface area contributed by atoms with Gasteiger partial charge in [0.2, 0.25) is 0 Å². The van der Waals surface area contributed by atoms with Crippen molar-refractivity contribution in [1.29, 1.82) is 0 Å². The molecule has 4 nitrogen and oxygen atoms in total. The maximum Gasteiger partial charge on any atom is 0.139 e. The molecular weight excluding hydrogens is 487 g/mol. The van der Waals surface area contributed by atoms with Gasteiger partial charge in [-0.15, -0.1) is 0 Å². The van der Waals surface area contributed by atoms with Gasteiger partial charge in [0, 0.05) is 24.5 Å². The summed E-state index contributed by atoms with van der Waals surface area (Å²) in [6.07, 6.45) is 6.28. The van der Waals surface area contributed by atoms with E-state index in [4.69, 9.17) is 34.8 Å². The molecule has 1 aromatic heterocycles. The topological polar surface area (TPSA) is 41.1 Å². The molecule has 34 heavy (non-hydrogen) atoms. The van der Waals surface area contributed by atoms with Crippen molar-refractivity contribution in [3.8, 4) is 0 Å². The van der Waals surface area contributed by atoms with Gasteiger partial charge in [-0.25, -0.2) is 9.97 Å². The molecule has 0 saturated heterocycles. The highest BCUT2D eigenvalue weighted by Gasteiger charge is 2.17. The van der Waals surface area contributed by atoms with Gasteiger partial charge in [0.25, 0.3) is 0 Å². The van der Waals surface area contributed by atoms with Crippen molar-refractivity contribution in [2.24, 2.45) is 11.8 Å². The summed E-state index contributed by atoms with van der Waals surface area (Å²) >= 11 is 18.4. The van der Waals surface area contributed by atoms with Crippen molar-refractivity contribution in [3.05, 3.63) is 62.9 Å². The molecule has 1 aliphatic rings.